The molecule has 1 aromatic heterocycles. The molecule has 2 heterocycles. The Balaban J connectivity index is 2.02. The van der Waals surface area contributed by atoms with Gasteiger partial charge in [-0.1, -0.05) is 6.07 Å². The summed E-state index contributed by atoms with van der Waals surface area (Å²) in [4.78, 5) is 14.5. The van der Waals surface area contributed by atoms with Gasteiger partial charge in [-0.25, -0.2) is 0 Å². The van der Waals surface area contributed by atoms with Crippen LogP contribution in [0.5, 0.6) is 0 Å². The number of rotatable bonds is 2. The van der Waals surface area contributed by atoms with Crippen molar-refractivity contribution in [1.82, 2.24) is 4.90 Å². The lowest BCUT2D eigenvalue weighted by Gasteiger charge is -2.31. The molecule has 5 nitrogen and oxygen atoms in total. The molecule has 2 rings (SSSR count). The van der Waals surface area contributed by atoms with E-state index in [4.69, 9.17) is 15.7 Å². The molecule has 0 radical (unpaired) electrons. The van der Waals surface area contributed by atoms with Crippen molar-refractivity contribution in [3.8, 4) is 6.07 Å². The van der Waals surface area contributed by atoms with Crippen LogP contribution in [-0.4, -0.2) is 36.6 Å². The summed E-state index contributed by atoms with van der Waals surface area (Å²) in [5, 5.41) is 10.7. The number of hydrogen-bond donors (Lipinski definition) is 1. The molecule has 2 atom stereocenters. The van der Waals surface area contributed by atoms with Crippen molar-refractivity contribution in [3.05, 3.63) is 22.4 Å². The van der Waals surface area contributed by atoms with Gasteiger partial charge >= 0.3 is 0 Å². The second kappa shape index (κ2) is 5.27. The first kappa shape index (κ1) is 12.0. The number of carbonyl (C=O) groups excluding carboxylic acids is 1. The maximum Gasteiger partial charge on any atom is 0.245 e. The van der Waals surface area contributed by atoms with Crippen molar-refractivity contribution < 1.29 is 9.53 Å². The Bertz CT molecular complexity index is 426. The zero-order valence-electron chi connectivity index (χ0n) is 9.20. The van der Waals surface area contributed by atoms with Crippen LogP contribution in [0.3, 0.4) is 0 Å². The lowest BCUT2D eigenvalue weighted by Crippen LogP contribution is -2.48. The maximum absolute atomic E-state index is 12.1. The molecule has 1 aliphatic heterocycles. The summed E-state index contributed by atoms with van der Waals surface area (Å²) in [5.74, 6) is -0.143. The fourth-order valence-electron chi connectivity index (χ4n) is 1.71. The number of ether oxygens (including phenoxy) is 1. The van der Waals surface area contributed by atoms with Gasteiger partial charge in [-0.3, -0.25) is 4.79 Å². The van der Waals surface area contributed by atoms with E-state index in [0.717, 1.165) is 4.88 Å². The molecule has 0 spiro atoms. The van der Waals surface area contributed by atoms with Gasteiger partial charge in [-0.15, -0.1) is 11.3 Å². The van der Waals surface area contributed by atoms with E-state index in [1.807, 2.05) is 23.6 Å². The van der Waals surface area contributed by atoms with Gasteiger partial charge in [0, 0.05) is 11.4 Å². The number of thiophene rings is 1. The number of nitrogens with two attached hydrogens (primary N) is 1. The summed E-state index contributed by atoms with van der Waals surface area (Å²) in [6, 6.07) is 5.08. The second-order valence-corrected chi connectivity index (χ2v) is 4.75. The molecule has 1 aromatic rings. The molecule has 0 aromatic carbocycles. The van der Waals surface area contributed by atoms with E-state index in [1.165, 1.54) is 11.3 Å². The van der Waals surface area contributed by atoms with Crippen LogP contribution in [0.25, 0.3) is 0 Å². The Hall–Kier alpha value is -1.42. The Kier molecular flexibility index (Phi) is 3.74. The highest BCUT2D eigenvalue weighted by atomic mass is 32.1. The molecule has 17 heavy (non-hydrogen) atoms. The Labute approximate surface area is 103 Å². The number of carbonyl (C=O) groups is 1. The van der Waals surface area contributed by atoms with Crippen LogP contribution in [0.1, 0.15) is 10.9 Å². The summed E-state index contributed by atoms with van der Waals surface area (Å²) >= 11 is 1.46. The average Bonchev–Trinajstić information content (AvgIpc) is 2.91. The summed E-state index contributed by atoms with van der Waals surface area (Å²) in [6.45, 7) is 1.19. The molecule has 90 valence electrons. The van der Waals surface area contributed by atoms with Crippen molar-refractivity contribution in [2.45, 2.75) is 12.1 Å². The standard InChI is InChI=1S/C11H13N3O2S/c12-6-8-7-14(3-4-16-8)11(15)10(13)9-2-1-5-17-9/h1-2,5,8,10H,3-4,7,13H2. The lowest BCUT2D eigenvalue weighted by atomic mass is 10.2. The van der Waals surface area contributed by atoms with E-state index in [9.17, 15) is 4.79 Å². The quantitative estimate of drug-likeness (QED) is 0.830. The predicted octanol–water partition coefficient (Wildman–Crippen LogP) is 0.499. The fourth-order valence-corrected chi connectivity index (χ4v) is 2.43. The first-order valence-electron chi connectivity index (χ1n) is 5.31. The number of nitriles is 1. The third-order valence-corrected chi connectivity index (χ3v) is 3.59. The van der Waals surface area contributed by atoms with Gasteiger partial charge in [0.15, 0.2) is 6.10 Å². The first-order chi connectivity index (χ1) is 8.22. The topological polar surface area (TPSA) is 79.4 Å². The minimum absolute atomic E-state index is 0.143. The Morgan fingerprint density at radius 2 is 2.59 bits per heavy atom. The summed E-state index contributed by atoms with van der Waals surface area (Å²) in [5.41, 5.74) is 5.90. The van der Waals surface area contributed by atoms with Gasteiger partial charge in [-0.2, -0.15) is 5.26 Å². The number of morpholine rings is 1. The van der Waals surface area contributed by atoms with Crippen LogP contribution in [0.15, 0.2) is 17.5 Å². The van der Waals surface area contributed by atoms with Crippen molar-refractivity contribution >= 4 is 17.2 Å². The molecule has 0 aliphatic carbocycles. The predicted molar refractivity (Wildman–Crippen MR) is 63.2 cm³/mol. The Morgan fingerprint density at radius 3 is 3.24 bits per heavy atom. The lowest BCUT2D eigenvalue weighted by molar-refractivity contribution is -0.138. The SMILES string of the molecule is N#CC1CN(C(=O)C(N)c2cccs2)CCO1. The highest BCUT2D eigenvalue weighted by molar-refractivity contribution is 7.10. The van der Waals surface area contributed by atoms with Gasteiger partial charge in [0.25, 0.3) is 0 Å². The average molecular weight is 251 g/mol. The van der Waals surface area contributed by atoms with Crippen molar-refractivity contribution in [3.63, 3.8) is 0 Å². The molecule has 1 saturated heterocycles. The minimum Gasteiger partial charge on any atom is -0.360 e. The fraction of sp³-hybridized carbons (Fsp3) is 0.455. The smallest absolute Gasteiger partial charge is 0.245 e. The number of hydrogen-bond acceptors (Lipinski definition) is 5. The van der Waals surface area contributed by atoms with E-state index in [1.54, 1.807) is 4.90 Å². The van der Waals surface area contributed by atoms with Crippen LogP contribution in [0, 0.1) is 11.3 Å². The second-order valence-electron chi connectivity index (χ2n) is 3.77. The van der Waals surface area contributed by atoms with Crippen LogP contribution >= 0.6 is 11.3 Å². The highest BCUT2D eigenvalue weighted by Gasteiger charge is 2.28. The first-order valence-corrected chi connectivity index (χ1v) is 6.19. The van der Waals surface area contributed by atoms with E-state index >= 15 is 0 Å². The summed E-state index contributed by atoms with van der Waals surface area (Å²) in [6.07, 6.45) is -0.539. The van der Waals surface area contributed by atoms with E-state index in [2.05, 4.69) is 0 Å². The maximum atomic E-state index is 12.1. The minimum atomic E-state index is -0.632. The van der Waals surface area contributed by atoms with Crippen molar-refractivity contribution in [1.29, 1.82) is 5.26 Å². The van der Waals surface area contributed by atoms with Crippen LogP contribution < -0.4 is 5.73 Å². The summed E-state index contributed by atoms with van der Waals surface area (Å²) in [7, 11) is 0. The van der Waals surface area contributed by atoms with E-state index in [-0.39, 0.29) is 5.91 Å². The molecular formula is C11H13N3O2S. The normalized spacial score (nSPS) is 21.9. The molecular weight excluding hydrogens is 238 g/mol. The van der Waals surface area contributed by atoms with Gasteiger partial charge < -0.3 is 15.4 Å². The molecule has 1 fully saturated rings. The van der Waals surface area contributed by atoms with E-state index < -0.39 is 12.1 Å². The third kappa shape index (κ3) is 2.64. The monoisotopic (exact) mass is 251 g/mol. The Morgan fingerprint density at radius 1 is 1.76 bits per heavy atom. The number of nitrogens with zero attached hydrogens (tertiary/aromatic N) is 2. The molecule has 0 saturated carbocycles. The van der Waals surface area contributed by atoms with E-state index in [0.29, 0.717) is 19.7 Å². The molecule has 1 aliphatic rings. The number of amides is 1. The van der Waals surface area contributed by atoms with Gasteiger partial charge in [-0.05, 0) is 11.4 Å². The van der Waals surface area contributed by atoms with Gasteiger partial charge in [0.05, 0.1) is 19.2 Å². The van der Waals surface area contributed by atoms with Crippen LogP contribution in [0.2, 0.25) is 0 Å². The largest absolute Gasteiger partial charge is 0.360 e. The molecule has 6 heteroatoms. The van der Waals surface area contributed by atoms with Crippen LogP contribution in [0.4, 0.5) is 0 Å². The zero-order chi connectivity index (χ0) is 12.3. The van der Waals surface area contributed by atoms with Gasteiger partial charge in [0.2, 0.25) is 5.91 Å². The summed E-state index contributed by atoms with van der Waals surface area (Å²) < 4.78 is 5.18. The van der Waals surface area contributed by atoms with Gasteiger partial charge in [0.1, 0.15) is 6.04 Å². The third-order valence-electron chi connectivity index (χ3n) is 2.64. The molecule has 2 N–H and O–H groups in total. The molecule has 0 bridgehead atoms. The zero-order valence-corrected chi connectivity index (χ0v) is 10.0. The molecule has 1 amide bonds. The van der Waals surface area contributed by atoms with Crippen LogP contribution in [-0.2, 0) is 9.53 Å². The molecule has 2 unspecified atom stereocenters. The van der Waals surface area contributed by atoms with Crippen molar-refractivity contribution in [2.75, 3.05) is 19.7 Å². The highest BCUT2D eigenvalue weighted by Crippen LogP contribution is 2.19. The van der Waals surface area contributed by atoms with Crippen molar-refractivity contribution in [2.24, 2.45) is 5.73 Å².